The summed E-state index contributed by atoms with van der Waals surface area (Å²) in [6, 6.07) is 16.0. The fourth-order valence-electron chi connectivity index (χ4n) is 4.26. The molecule has 1 N–H and O–H groups in total. The maximum atomic E-state index is 12.8. The predicted molar refractivity (Wildman–Crippen MR) is 115 cm³/mol. The lowest BCUT2D eigenvalue weighted by molar-refractivity contribution is -0.117. The Balaban J connectivity index is 1.40. The topological polar surface area (TPSA) is 52.7 Å². The normalized spacial score (nSPS) is 17.3. The number of benzene rings is 2. The number of hydrogen-bond donors (Lipinski definition) is 1. The molecule has 0 unspecified atom stereocenters. The van der Waals surface area contributed by atoms with Gasteiger partial charge in [-0.1, -0.05) is 30.3 Å². The molecule has 0 radical (unpaired) electrons. The van der Waals surface area contributed by atoms with Crippen molar-refractivity contribution in [2.24, 2.45) is 0 Å². The Morgan fingerprint density at radius 3 is 2.59 bits per heavy atom. The molecular formula is C24H29N3O2. The van der Waals surface area contributed by atoms with E-state index >= 15 is 0 Å². The van der Waals surface area contributed by atoms with Crippen LogP contribution in [0.4, 0.5) is 5.69 Å². The van der Waals surface area contributed by atoms with Crippen molar-refractivity contribution < 1.29 is 9.59 Å². The van der Waals surface area contributed by atoms with Crippen molar-refractivity contribution in [2.75, 3.05) is 24.5 Å². The molecule has 2 aromatic carbocycles. The molecule has 0 aromatic heterocycles. The minimum absolute atomic E-state index is 0.0935. The van der Waals surface area contributed by atoms with Crippen LogP contribution in [0.3, 0.4) is 0 Å². The molecule has 2 amide bonds. The highest BCUT2D eigenvalue weighted by atomic mass is 16.2. The Hall–Kier alpha value is -2.66. The van der Waals surface area contributed by atoms with Crippen LogP contribution in [0, 0.1) is 0 Å². The number of fused-ring (bicyclic) bond motifs is 1. The quantitative estimate of drug-likeness (QED) is 0.850. The second-order valence-electron chi connectivity index (χ2n) is 8.63. The van der Waals surface area contributed by atoms with E-state index in [2.05, 4.69) is 48.3 Å². The highest BCUT2D eigenvalue weighted by Crippen LogP contribution is 2.25. The van der Waals surface area contributed by atoms with Gasteiger partial charge >= 0.3 is 0 Å². The van der Waals surface area contributed by atoms with Crippen molar-refractivity contribution in [3.05, 3.63) is 65.2 Å². The number of anilines is 1. The number of nitrogens with one attached hydrogen (secondary N) is 1. The van der Waals surface area contributed by atoms with Gasteiger partial charge in [-0.15, -0.1) is 0 Å². The lowest BCUT2D eigenvalue weighted by Gasteiger charge is -2.41. The third-order valence-corrected chi connectivity index (χ3v) is 6.16. The van der Waals surface area contributed by atoms with E-state index in [1.165, 1.54) is 11.1 Å². The average molecular weight is 392 g/mol. The van der Waals surface area contributed by atoms with Crippen molar-refractivity contribution in [3.63, 3.8) is 0 Å². The van der Waals surface area contributed by atoms with Crippen LogP contribution >= 0.6 is 0 Å². The first-order valence-corrected chi connectivity index (χ1v) is 10.4. The molecule has 0 bridgehead atoms. The lowest BCUT2D eigenvalue weighted by Crippen LogP contribution is -2.53. The molecule has 2 aromatic rings. The molecule has 5 heteroatoms. The molecule has 5 nitrogen and oxygen atoms in total. The van der Waals surface area contributed by atoms with Gasteiger partial charge in [0.2, 0.25) is 5.91 Å². The van der Waals surface area contributed by atoms with Gasteiger partial charge in [-0.25, -0.2) is 0 Å². The zero-order valence-corrected chi connectivity index (χ0v) is 17.3. The van der Waals surface area contributed by atoms with Crippen molar-refractivity contribution in [3.8, 4) is 0 Å². The van der Waals surface area contributed by atoms with E-state index in [9.17, 15) is 9.59 Å². The van der Waals surface area contributed by atoms with Crippen LogP contribution < -0.4 is 10.2 Å². The van der Waals surface area contributed by atoms with Crippen LogP contribution in [-0.4, -0.2) is 41.9 Å². The van der Waals surface area contributed by atoms with Gasteiger partial charge in [-0.3, -0.25) is 14.5 Å². The second-order valence-corrected chi connectivity index (χ2v) is 8.63. The van der Waals surface area contributed by atoms with Crippen LogP contribution in [-0.2, 0) is 17.8 Å². The average Bonchev–Trinajstić information content (AvgIpc) is 3.17. The molecule has 2 aliphatic heterocycles. The second kappa shape index (κ2) is 7.99. The standard InChI is InChI=1S/C24H29N3O2/c1-24(2,26-14-12-18-7-3-4-8-20(18)16-26)17-25-23(29)19-9-5-10-21(15-19)27-13-6-11-22(27)28/h3-5,7-10,15H,6,11-14,16-17H2,1-2H3,(H,25,29). The molecule has 152 valence electrons. The maximum absolute atomic E-state index is 12.8. The van der Waals surface area contributed by atoms with Crippen LogP contribution in [0.2, 0.25) is 0 Å². The fourth-order valence-corrected chi connectivity index (χ4v) is 4.26. The zero-order valence-electron chi connectivity index (χ0n) is 17.3. The van der Waals surface area contributed by atoms with E-state index in [0.29, 0.717) is 18.5 Å². The molecule has 0 atom stereocenters. The summed E-state index contributed by atoms with van der Waals surface area (Å²) in [5, 5.41) is 3.11. The Morgan fingerprint density at radius 1 is 1.03 bits per heavy atom. The van der Waals surface area contributed by atoms with Crippen molar-refractivity contribution in [1.29, 1.82) is 0 Å². The molecule has 0 spiro atoms. The summed E-state index contributed by atoms with van der Waals surface area (Å²) in [7, 11) is 0. The summed E-state index contributed by atoms with van der Waals surface area (Å²) in [6.07, 6.45) is 2.51. The van der Waals surface area contributed by atoms with E-state index in [0.717, 1.165) is 38.2 Å². The van der Waals surface area contributed by atoms with E-state index in [1.54, 1.807) is 4.90 Å². The van der Waals surface area contributed by atoms with Crippen LogP contribution in [0.1, 0.15) is 48.2 Å². The molecule has 1 fully saturated rings. The SMILES string of the molecule is CC(C)(CNC(=O)c1cccc(N2CCCC2=O)c1)N1CCc2ccccc2C1. The van der Waals surface area contributed by atoms with Crippen LogP contribution in [0.25, 0.3) is 0 Å². The lowest BCUT2D eigenvalue weighted by atomic mass is 9.94. The van der Waals surface area contributed by atoms with E-state index in [4.69, 9.17) is 0 Å². The number of hydrogen-bond acceptors (Lipinski definition) is 3. The number of amides is 2. The van der Waals surface area contributed by atoms with Gasteiger partial charge in [-0.2, -0.15) is 0 Å². The van der Waals surface area contributed by atoms with E-state index < -0.39 is 0 Å². The van der Waals surface area contributed by atoms with Gasteiger partial charge in [0.25, 0.3) is 5.91 Å². The minimum atomic E-state index is -0.147. The summed E-state index contributed by atoms with van der Waals surface area (Å²) in [4.78, 5) is 29.0. The Bertz CT molecular complexity index is 922. The number of rotatable bonds is 5. The predicted octanol–water partition coefficient (Wildman–Crippen LogP) is 3.38. The summed E-state index contributed by atoms with van der Waals surface area (Å²) >= 11 is 0. The summed E-state index contributed by atoms with van der Waals surface area (Å²) in [5.74, 6) is 0.0399. The monoisotopic (exact) mass is 391 g/mol. The van der Waals surface area contributed by atoms with Gasteiger partial charge in [0.1, 0.15) is 0 Å². The Labute approximate surface area is 172 Å². The smallest absolute Gasteiger partial charge is 0.251 e. The van der Waals surface area contributed by atoms with Gasteiger partial charge in [0, 0.05) is 49.4 Å². The first kappa shape index (κ1) is 19.6. The molecule has 29 heavy (non-hydrogen) atoms. The summed E-state index contributed by atoms with van der Waals surface area (Å²) < 4.78 is 0. The Kier molecular flexibility index (Phi) is 5.41. The number of carbonyl (C=O) groups is 2. The highest BCUT2D eigenvalue weighted by molar-refractivity contribution is 5.99. The maximum Gasteiger partial charge on any atom is 0.251 e. The number of carbonyl (C=O) groups excluding carboxylic acids is 2. The number of nitrogens with zero attached hydrogens (tertiary/aromatic N) is 2. The molecule has 2 heterocycles. The molecule has 0 aliphatic carbocycles. The summed E-state index contributed by atoms with van der Waals surface area (Å²) in [6.45, 7) is 7.56. The zero-order chi connectivity index (χ0) is 20.4. The van der Waals surface area contributed by atoms with Gasteiger partial charge < -0.3 is 10.2 Å². The van der Waals surface area contributed by atoms with Crippen LogP contribution in [0.5, 0.6) is 0 Å². The third kappa shape index (κ3) is 4.20. The molecule has 4 rings (SSSR count). The highest BCUT2D eigenvalue weighted by Gasteiger charge is 2.30. The van der Waals surface area contributed by atoms with Gasteiger partial charge in [0.05, 0.1) is 0 Å². The van der Waals surface area contributed by atoms with Crippen LogP contribution in [0.15, 0.2) is 48.5 Å². The van der Waals surface area contributed by atoms with Crippen molar-refractivity contribution >= 4 is 17.5 Å². The largest absolute Gasteiger partial charge is 0.350 e. The first-order valence-electron chi connectivity index (χ1n) is 10.4. The fraction of sp³-hybridized carbons (Fsp3) is 0.417. The molecule has 2 aliphatic rings. The third-order valence-electron chi connectivity index (χ3n) is 6.16. The molecule has 1 saturated heterocycles. The van der Waals surface area contributed by atoms with E-state index in [-0.39, 0.29) is 17.4 Å². The molecule has 0 saturated carbocycles. The van der Waals surface area contributed by atoms with Gasteiger partial charge in [0.15, 0.2) is 0 Å². The first-order chi connectivity index (χ1) is 13.9. The minimum Gasteiger partial charge on any atom is -0.350 e. The Morgan fingerprint density at radius 2 is 1.83 bits per heavy atom. The summed E-state index contributed by atoms with van der Waals surface area (Å²) in [5.41, 5.74) is 4.07. The van der Waals surface area contributed by atoms with Crippen molar-refractivity contribution in [1.82, 2.24) is 10.2 Å². The van der Waals surface area contributed by atoms with E-state index in [1.807, 2.05) is 24.3 Å². The molecular weight excluding hydrogens is 362 g/mol. The van der Waals surface area contributed by atoms with Crippen molar-refractivity contribution in [2.45, 2.75) is 45.2 Å². The van der Waals surface area contributed by atoms with Gasteiger partial charge in [-0.05, 0) is 56.0 Å².